The number of benzene rings is 4. The van der Waals surface area contributed by atoms with E-state index in [-0.39, 0.29) is 23.1 Å². The summed E-state index contributed by atoms with van der Waals surface area (Å²) in [5.41, 5.74) is -1.96. The molecular formula is C62H100O14Si6. The number of ether oxygens (including phenoxy) is 3. The Morgan fingerprint density at radius 1 is 0.415 bits per heavy atom. The highest BCUT2D eigenvalue weighted by atomic mass is 28.4. The highest BCUT2D eigenvalue weighted by molar-refractivity contribution is 6.85. The van der Waals surface area contributed by atoms with Gasteiger partial charge in [-0.3, -0.25) is 19.2 Å². The van der Waals surface area contributed by atoms with Gasteiger partial charge in [0.1, 0.15) is 39.8 Å². The highest BCUT2D eigenvalue weighted by Gasteiger charge is 2.40. The lowest BCUT2D eigenvalue weighted by Crippen LogP contribution is -2.49. The lowest BCUT2D eigenvalue weighted by atomic mass is 9.86. The van der Waals surface area contributed by atoms with Crippen LogP contribution < -0.4 is 18.6 Å². The predicted octanol–water partition coefficient (Wildman–Crippen LogP) is 14.6. The molecule has 456 valence electrons. The molecule has 0 saturated carbocycles. The molecule has 0 fully saturated rings. The molecule has 0 atom stereocenters. The Labute approximate surface area is 498 Å². The molecular weight excluding hydrogens is 1140 g/mol. The minimum atomic E-state index is -2.46. The Hall–Kier alpha value is -4.18. The molecule has 4 rings (SSSR count). The van der Waals surface area contributed by atoms with Crippen LogP contribution in [0, 0.1) is 5.41 Å². The van der Waals surface area contributed by atoms with E-state index in [1.165, 1.54) is 27.7 Å². The first-order valence-corrected chi connectivity index (χ1v) is 46.6. The molecule has 0 aliphatic rings. The van der Waals surface area contributed by atoms with Gasteiger partial charge in [-0.1, -0.05) is 20.8 Å². The number of rotatable bonds is 32. The summed E-state index contributed by atoms with van der Waals surface area (Å²) in [4.78, 5) is 50.0. The first-order chi connectivity index (χ1) is 37.4. The molecule has 2 N–H and O–H groups in total. The maximum atomic E-state index is 13.2. The van der Waals surface area contributed by atoms with Crippen LogP contribution in [-0.4, -0.2) is 121 Å². The van der Waals surface area contributed by atoms with Gasteiger partial charge in [0.2, 0.25) is 0 Å². The fraction of sp³-hybridized carbons (Fsp3) is 0.548. The first kappa shape index (κ1) is 72.1. The average molecular weight is 1240 g/mol. The Morgan fingerprint density at radius 2 is 0.707 bits per heavy atom. The van der Waals surface area contributed by atoms with Crippen LogP contribution in [0.3, 0.4) is 0 Å². The predicted molar refractivity (Wildman–Crippen MR) is 345 cm³/mol. The van der Waals surface area contributed by atoms with Crippen LogP contribution in [0.2, 0.25) is 96.7 Å². The van der Waals surface area contributed by atoms with Crippen molar-refractivity contribution in [1.82, 2.24) is 0 Å². The molecule has 0 aromatic heterocycles. The van der Waals surface area contributed by atoms with Crippen molar-refractivity contribution in [3.63, 3.8) is 0 Å². The van der Waals surface area contributed by atoms with E-state index in [0.717, 1.165) is 48.9 Å². The zero-order valence-electron chi connectivity index (χ0n) is 53.5. The average Bonchev–Trinajstić information content (AvgIpc) is 3.50. The van der Waals surface area contributed by atoms with Crippen molar-refractivity contribution in [2.75, 3.05) is 19.8 Å². The van der Waals surface area contributed by atoms with Gasteiger partial charge in [-0.2, -0.15) is 0 Å². The molecule has 0 aliphatic carbocycles. The molecule has 4 aromatic carbocycles. The summed E-state index contributed by atoms with van der Waals surface area (Å²) in [6, 6.07) is 31.4. The minimum Gasteiger partial charge on any atom is -0.521 e. The second kappa shape index (κ2) is 29.8. The van der Waals surface area contributed by atoms with E-state index in [1.54, 1.807) is 48.5 Å². The largest absolute Gasteiger partial charge is 0.521 e. The molecule has 14 nitrogen and oxygen atoms in total. The fourth-order valence-electron chi connectivity index (χ4n) is 9.46. The van der Waals surface area contributed by atoms with Gasteiger partial charge in [0, 0.05) is 27.7 Å². The van der Waals surface area contributed by atoms with E-state index in [2.05, 4.69) is 52.4 Å². The van der Waals surface area contributed by atoms with Gasteiger partial charge >= 0.3 is 17.1 Å². The molecule has 0 amide bonds. The number of ketones is 4. The summed E-state index contributed by atoms with van der Waals surface area (Å²) in [5.74, 6) is 2.28. The molecule has 0 unspecified atom stereocenters. The maximum absolute atomic E-state index is 13.2. The lowest BCUT2D eigenvalue weighted by Gasteiger charge is -2.34. The highest BCUT2D eigenvalue weighted by Crippen LogP contribution is 2.30. The summed E-state index contributed by atoms with van der Waals surface area (Å²) in [6.45, 7) is 42.8. The Balaban J connectivity index is 0.000000443. The molecule has 0 bridgehead atoms. The normalized spacial score (nSPS) is 13.0. The van der Waals surface area contributed by atoms with Crippen molar-refractivity contribution in [2.24, 2.45) is 5.41 Å². The summed E-state index contributed by atoms with van der Waals surface area (Å²) in [6.07, 6.45) is 2.66. The van der Waals surface area contributed by atoms with Crippen molar-refractivity contribution >= 4 is 74.2 Å². The van der Waals surface area contributed by atoms with Gasteiger partial charge in [0.15, 0.2) is 57.1 Å². The maximum Gasteiger partial charge on any atom is 0.382 e. The van der Waals surface area contributed by atoms with Gasteiger partial charge in [0.05, 0.1) is 19.8 Å². The van der Waals surface area contributed by atoms with Crippen molar-refractivity contribution in [1.29, 1.82) is 0 Å². The third-order valence-corrected chi connectivity index (χ3v) is 32.0. The van der Waals surface area contributed by atoms with E-state index in [0.29, 0.717) is 53.6 Å². The van der Waals surface area contributed by atoms with Crippen LogP contribution in [0.25, 0.3) is 0 Å². The van der Waals surface area contributed by atoms with Gasteiger partial charge in [-0.25, -0.2) is 0 Å². The Kier molecular flexibility index (Phi) is 26.2. The van der Waals surface area contributed by atoms with Crippen LogP contribution >= 0.6 is 0 Å². The molecule has 4 aromatic rings. The molecule has 0 heterocycles. The van der Waals surface area contributed by atoms with Crippen LogP contribution in [0.15, 0.2) is 97.1 Å². The van der Waals surface area contributed by atoms with Crippen LogP contribution in [0.5, 0.6) is 23.0 Å². The van der Waals surface area contributed by atoms with Gasteiger partial charge in [0.25, 0.3) is 0 Å². The van der Waals surface area contributed by atoms with Crippen LogP contribution in [0.4, 0.5) is 0 Å². The van der Waals surface area contributed by atoms with Gasteiger partial charge < -0.3 is 45.6 Å². The SMILES string of the molecule is CC(C)(C)C(=O)c1ccc(OCCC[Si](C)(C)O[Si](C)(C)Oc2ccc(C(=O)C(C)(C)O)cc2)cc1.C[SiH](C)O[Si](C)(C)OC(C)(C)C(=O)c1ccc(OCCC[Si](C)(C)O[Si](C)(C)CCCOc2ccc(C(=O)C(C)(C)O)cc2)cc1. The molecule has 0 spiro atoms. The fourth-order valence-corrected chi connectivity index (χ4v) is 31.9. The summed E-state index contributed by atoms with van der Waals surface area (Å²) >= 11 is 0. The monoisotopic (exact) mass is 1240 g/mol. The molecule has 20 heteroatoms. The quantitative estimate of drug-likeness (QED) is 0.0267. The van der Waals surface area contributed by atoms with Gasteiger partial charge in [-0.15, -0.1) is 0 Å². The summed E-state index contributed by atoms with van der Waals surface area (Å²) in [5, 5.41) is 19.8. The summed E-state index contributed by atoms with van der Waals surface area (Å²) < 4.78 is 49.7. The number of carbonyl (C=O) groups excluding carboxylic acids is 4. The molecule has 0 radical (unpaired) electrons. The zero-order valence-corrected chi connectivity index (χ0v) is 59.6. The van der Waals surface area contributed by atoms with E-state index < -0.39 is 73.3 Å². The standard InChI is InChI=1S/C34H58O8Si4.C28H42O6Si2/c1-33(2,37)31(35)27-15-19-29(20-16-27)38-23-13-25-44(7,8)42-45(9,10)26-14-24-39-30-21-17-28(18-22-30)32(36)34(3,4)40-46(11,12)41-43(5)6;1-27(2,3)25(29)21-11-15-23(16-12-21)32-19-10-20-35(6,7)34-36(8,9)33-24-17-13-22(14-18-24)26(30)28(4,5)31/h15-22,37,43H,13-14,23-26H2,1-12H3;11-18,31H,10,19-20H2,1-9H3. The molecule has 0 saturated heterocycles. The number of carbonyl (C=O) groups is 4. The van der Waals surface area contributed by atoms with Crippen molar-refractivity contribution < 1.29 is 64.8 Å². The van der Waals surface area contributed by atoms with Crippen LogP contribution in [-0.2, 0) is 16.8 Å². The Bertz CT molecular complexity index is 2670. The Morgan fingerprint density at radius 3 is 1.01 bits per heavy atom. The lowest BCUT2D eigenvalue weighted by molar-refractivity contribution is 0.0479. The third kappa shape index (κ3) is 26.0. The van der Waals surface area contributed by atoms with E-state index in [4.69, 9.17) is 35.4 Å². The number of hydrogen-bond donors (Lipinski definition) is 2. The molecule has 82 heavy (non-hydrogen) atoms. The summed E-state index contributed by atoms with van der Waals surface area (Å²) in [7, 11) is -11.9. The van der Waals surface area contributed by atoms with Crippen molar-refractivity contribution in [3.8, 4) is 23.0 Å². The second-order valence-electron chi connectivity index (χ2n) is 26.8. The van der Waals surface area contributed by atoms with Gasteiger partial charge in [-0.05, 0) is 255 Å². The van der Waals surface area contributed by atoms with Crippen molar-refractivity contribution in [3.05, 3.63) is 119 Å². The van der Waals surface area contributed by atoms with Crippen molar-refractivity contribution in [2.45, 2.75) is 195 Å². The zero-order chi connectivity index (χ0) is 62.3. The number of aliphatic hydroxyl groups is 2. The smallest absolute Gasteiger partial charge is 0.382 e. The molecule has 0 aliphatic heterocycles. The first-order valence-electron chi connectivity index (χ1n) is 28.8. The number of Topliss-reactive ketones (excluding diaryl/α,β-unsaturated/α-hetero) is 4. The second-order valence-corrected chi connectivity index (χ2v) is 49.5. The van der Waals surface area contributed by atoms with E-state index >= 15 is 0 Å². The third-order valence-electron chi connectivity index (χ3n) is 12.8. The minimum absolute atomic E-state index is 0.0633. The number of hydrogen-bond acceptors (Lipinski definition) is 14. The van der Waals surface area contributed by atoms with E-state index in [9.17, 15) is 29.4 Å². The van der Waals surface area contributed by atoms with Crippen LogP contribution in [0.1, 0.15) is 123 Å². The van der Waals surface area contributed by atoms with E-state index in [1.807, 2.05) is 109 Å². The topological polar surface area (TPSA) is 183 Å².